The quantitative estimate of drug-likeness (QED) is 0.884. The van der Waals surface area contributed by atoms with E-state index in [0.29, 0.717) is 18.5 Å². The topological polar surface area (TPSA) is 52.7 Å². The minimum absolute atomic E-state index is 0.0644. The molecule has 0 radical (unpaired) electrons. The van der Waals surface area contributed by atoms with Crippen molar-refractivity contribution < 1.29 is 9.59 Å². The van der Waals surface area contributed by atoms with Gasteiger partial charge >= 0.3 is 0 Å². The van der Waals surface area contributed by atoms with Crippen molar-refractivity contribution in [2.24, 2.45) is 0 Å². The van der Waals surface area contributed by atoms with E-state index in [0.717, 1.165) is 43.6 Å². The summed E-state index contributed by atoms with van der Waals surface area (Å²) in [5, 5.41) is 3.39. The first-order valence-electron chi connectivity index (χ1n) is 8.14. The van der Waals surface area contributed by atoms with E-state index in [-0.39, 0.29) is 18.4 Å². The van der Waals surface area contributed by atoms with Gasteiger partial charge in [-0.15, -0.1) is 0 Å². The van der Waals surface area contributed by atoms with Crippen LogP contribution in [0.15, 0.2) is 24.3 Å². The highest BCUT2D eigenvalue weighted by Gasteiger charge is 2.40. The molecule has 2 saturated heterocycles. The molecule has 1 N–H and O–H groups in total. The van der Waals surface area contributed by atoms with Crippen LogP contribution in [0.3, 0.4) is 0 Å². The van der Waals surface area contributed by atoms with Crippen molar-refractivity contribution in [1.29, 1.82) is 0 Å². The molecule has 1 aromatic carbocycles. The lowest BCUT2D eigenvalue weighted by atomic mass is 10.0. The van der Waals surface area contributed by atoms with Crippen LogP contribution in [0.1, 0.15) is 24.8 Å². The molecule has 0 saturated carbocycles. The molecule has 2 fully saturated rings. The number of hydrogen-bond donors (Lipinski definition) is 1. The highest BCUT2D eigenvalue weighted by molar-refractivity contribution is 6.01. The number of carbonyl (C=O) groups is 2. The molecule has 0 aromatic heterocycles. The Balaban J connectivity index is 1.56. The molecule has 2 unspecified atom stereocenters. The second kappa shape index (κ2) is 5.39. The van der Waals surface area contributed by atoms with Crippen LogP contribution < -0.4 is 10.2 Å². The minimum atomic E-state index is 0.0644. The number of aryl methyl sites for hydroxylation is 1. The lowest BCUT2D eigenvalue weighted by Gasteiger charge is -2.37. The zero-order chi connectivity index (χ0) is 15.1. The zero-order valence-electron chi connectivity index (χ0n) is 12.6. The number of carbonyl (C=O) groups excluding carboxylic acids is 2. The fourth-order valence-electron chi connectivity index (χ4n) is 4.07. The SMILES string of the molecule is O=C1CCc2ccccc2N1CC(=O)N1C2CCC1CNC2. The number of piperazine rings is 1. The van der Waals surface area contributed by atoms with Crippen LogP contribution >= 0.6 is 0 Å². The number of nitrogens with zero attached hydrogens (tertiary/aromatic N) is 2. The van der Waals surface area contributed by atoms with Gasteiger partial charge in [0, 0.05) is 37.3 Å². The fraction of sp³-hybridized carbons (Fsp3) is 0.529. The Labute approximate surface area is 130 Å². The Bertz CT molecular complexity index is 600. The molecule has 0 spiro atoms. The first-order chi connectivity index (χ1) is 10.7. The summed E-state index contributed by atoms with van der Waals surface area (Å²) in [4.78, 5) is 28.8. The van der Waals surface area contributed by atoms with Crippen LogP contribution in [0, 0.1) is 0 Å². The van der Waals surface area contributed by atoms with Gasteiger partial charge in [0.05, 0.1) is 0 Å². The number of benzene rings is 1. The van der Waals surface area contributed by atoms with Crippen LogP contribution in [0.2, 0.25) is 0 Å². The van der Waals surface area contributed by atoms with Crippen molar-refractivity contribution >= 4 is 17.5 Å². The van der Waals surface area contributed by atoms with Crippen LogP contribution in [0.25, 0.3) is 0 Å². The number of para-hydroxylation sites is 1. The highest BCUT2D eigenvalue weighted by Crippen LogP contribution is 2.30. The van der Waals surface area contributed by atoms with E-state index in [9.17, 15) is 9.59 Å². The molecule has 5 heteroatoms. The molecular formula is C17H21N3O2. The molecule has 2 amide bonds. The summed E-state index contributed by atoms with van der Waals surface area (Å²) < 4.78 is 0. The van der Waals surface area contributed by atoms with Crippen LogP contribution in [-0.4, -0.2) is 48.4 Å². The number of amides is 2. The molecule has 22 heavy (non-hydrogen) atoms. The molecule has 2 bridgehead atoms. The third kappa shape index (κ3) is 2.20. The van der Waals surface area contributed by atoms with Crippen molar-refractivity contribution in [3.05, 3.63) is 29.8 Å². The van der Waals surface area contributed by atoms with Gasteiger partial charge in [-0.25, -0.2) is 0 Å². The zero-order valence-corrected chi connectivity index (χ0v) is 12.6. The Kier molecular flexibility index (Phi) is 3.37. The lowest BCUT2D eigenvalue weighted by Crippen LogP contribution is -2.57. The first-order valence-corrected chi connectivity index (χ1v) is 8.14. The number of fused-ring (bicyclic) bond motifs is 3. The summed E-state index contributed by atoms with van der Waals surface area (Å²) in [6.45, 7) is 1.95. The Morgan fingerprint density at radius 2 is 1.86 bits per heavy atom. The second-order valence-electron chi connectivity index (χ2n) is 6.45. The number of rotatable bonds is 2. The third-order valence-corrected chi connectivity index (χ3v) is 5.15. The maximum Gasteiger partial charge on any atom is 0.243 e. The van der Waals surface area contributed by atoms with Crippen molar-refractivity contribution in [2.75, 3.05) is 24.5 Å². The summed E-state index contributed by atoms with van der Waals surface area (Å²) in [7, 11) is 0. The maximum atomic E-state index is 12.8. The number of hydrogen-bond acceptors (Lipinski definition) is 3. The third-order valence-electron chi connectivity index (χ3n) is 5.15. The number of anilines is 1. The summed E-state index contributed by atoms with van der Waals surface area (Å²) in [6, 6.07) is 8.54. The van der Waals surface area contributed by atoms with E-state index in [2.05, 4.69) is 5.32 Å². The molecule has 5 nitrogen and oxygen atoms in total. The molecule has 116 valence electrons. The monoisotopic (exact) mass is 299 g/mol. The lowest BCUT2D eigenvalue weighted by molar-refractivity contribution is -0.134. The summed E-state index contributed by atoms with van der Waals surface area (Å²) in [5.74, 6) is 0.161. The van der Waals surface area contributed by atoms with Gasteiger partial charge in [0.1, 0.15) is 6.54 Å². The van der Waals surface area contributed by atoms with Gasteiger partial charge in [-0.1, -0.05) is 18.2 Å². The molecule has 2 atom stereocenters. The molecule has 3 aliphatic heterocycles. The minimum Gasteiger partial charge on any atom is -0.333 e. The van der Waals surface area contributed by atoms with Gasteiger partial charge in [0.25, 0.3) is 0 Å². The predicted octanol–water partition coefficient (Wildman–Crippen LogP) is 0.929. The number of nitrogens with one attached hydrogen (secondary N) is 1. The van der Waals surface area contributed by atoms with E-state index in [1.807, 2.05) is 29.2 Å². The average molecular weight is 299 g/mol. The smallest absolute Gasteiger partial charge is 0.243 e. The average Bonchev–Trinajstić information content (AvgIpc) is 2.79. The van der Waals surface area contributed by atoms with Crippen LogP contribution in [0.5, 0.6) is 0 Å². The second-order valence-corrected chi connectivity index (χ2v) is 6.45. The van der Waals surface area contributed by atoms with Gasteiger partial charge in [-0.3, -0.25) is 9.59 Å². The van der Waals surface area contributed by atoms with Crippen molar-refractivity contribution in [2.45, 2.75) is 37.8 Å². The van der Waals surface area contributed by atoms with Crippen molar-refractivity contribution in [3.8, 4) is 0 Å². The molecular weight excluding hydrogens is 278 g/mol. The van der Waals surface area contributed by atoms with Gasteiger partial charge < -0.3 is 15.1 Å². The van der Waals surface area contributed by atoms with E-state index in [1.165, 1.54) is 0 Å². The summed E-state index contributed by atoms with van der Waals surface area (Å²) in [6.07, 6.45) is 3.43. The largest absolute Gasteiger partial charge is 0.333 e. The van der Waals surface area contributed by atoms with Crippen LogP contribution in [-0.2, 0) is 16.0 Å². The maximum absolute atomic E-state index is 12.8. The van der Waals surface area contributed by atoms with Gasteiger partial charge in [0.2, 0.25) is 11.8 Å². The highest BCUT2D eigenvalue weighted by atomic mass is 16.2. The first kappa shape index (κ1) is 13.8. The molecule has 3 heterocycles. The standard InChI is InChI=1S/C17H21N3O2/c21-16-8-5-12-3-1-2-4-15(12)19(16)11-17(22)20-13-6-7-14(20)10-18-9-13/h1-4,13-14,18H,5-11H2. The van der Waals surface area contributed by atoms with Gasteiger partial charge in [-0.05, 0) is 30.9 Å². The Morgan fingerprint density at radius 3 is 2.64 bits per heavy atom. The summed E-state index contributed by atoms with van der Waals surface area (Å²) >= 11 is 0. The summed E-state index contributed by atoms with van der Waals surface area (Å²) in [5.41, 5.74) is 2.08. The molecule has 4 rings (SSSR count). The fourth-order valence-corrected chi connectivity index (χ4v) is 4.07. The van der Waals surface area contributed by atoms with Gasteiger partial charge in [0.15, 0.2) is 0 Å². The molecule has 1 aromatic rings. The molecule has 0 aliphatic carbocycles. The van der Waals surface area contributed by atoms with E-state index >= 15 is 0 Å². The Hall–Kier alpha value is -1.88. The predicted molar refractivity (Wildman–Crippen MR) is 83.6 cm³/mol. The van der Waals surface area contributed by atoms with Gasteiger partial charge in [-0.2, -0.15) is 0 Å². The van der Waals surface area contributed by atoms with Crippen molar-refractivity contribution in [1.82, 2.24) is 10.2 Å². The van der Waals surface area contributed by atoms with E-state index < -0.39 is 0 Å². The Morgan fingerprint density at radius 1 is 1.14 bits per heavy atom. The molecule has 3 aliphatic rings. The van der Waals surface area contributed by atoms with E-state index in [4.69, 9.17) is 0 Å². The van der Waals surface area contributed by atoms with Crippen molar-refractivity contribution in [3.63, 3.8) is 0 Å². The normalized spacial score (nSPS) is 27.0. The van der Waals surface area contributed by atoms with Crippen LogP contribution in [0.4, 0.5) is 5.69 Å². The van der Waals surface area contributed by atoms with E-state index in [1.54, 1.807) is 4.90 Å².